The SMILES string of the molecule is CO[C@@H](C)c1ccc(C(=O)CN)cc1. The lowest BCUT2D eigenvalue weighted by molar-refractivity contribution is 0.100. The number of benzene rings is 1. The molecule has 0 radical (unpaired) electrons. The zero-order chi connectivity index (χ0) is 10.6. The van der Waals surface area contributed by atoms with Gasteiger partial charge in [0, 0.05) is 12.7 Å². The summed E-state index contributed by atoms with van der Waals surface area (Å²) in [6.07, 6.45) is 0.0528. The topological polar surface area (TPSA) is 52.3 Å². The van der Waals surface area contributed by atoms with E-state index in [9.17, 15) is 4.79 Å². The van der Waals surface area contributed by atoms with Gasteiger partial charge in [-0.15, -0.1) is 0 Å². The van der Waals surface area contributed by atoms with Crippen molar-refractivity contribution in [1.82, 2.24) is 0 Å². The first-order valence-corrected chi connectivity index (χ1v) is 4.55. The molecule has 14 heavy (non-hydrogen) atoms. The van der Waals surface area contributed by atoms with E-state index in [1.54, 1.807) is 19.2 Å². The molecule has 2 N–H and O–H groups in total. The lowest BCUT2D eigenvalue weighted by Crippen LogP contribution is -2.13. The molecule has 1 aromatic rings. The Morgan fingerprint density at radius 3 is 2.43 bits per heavy atom. The van der Waals surface area contributed by atoms with Gasteiger partial charge in [-0.05, 0) is 12.5 Å². The third-order valence-electron chi connectivity index (χ3n) is 2.24. The molecule has 0 aliphatic carbocycles. The number of nitrogens with two attached hydrogens (primary N) is 1. The van der Waals surface area contributed by atoms with Crippen LogP contribution in [-0.4, -0.2) is 19.4 Å². The molecule has 1 atom stereocenters. The van der Waals surface area contributed by atoms with E-state index in [0.717, 1.165) is 5.56 Å². The van der Waals surface area contributed by atoms with Crippen molar-refractivity contribution in [3.05, 3.63) is 35.4 Å². The van der Waals surface area contributed by atoms with Gasteiger partial charge < -0.3 is 10.5 Å². The Balaban J connectivity index is 2.83. The first kappa shape index (κ1) is 10.9. The summed E-state index contributed by atoms with van der Waals surface area (Å²) in [5, 5.41) is 0. The maximum Gasteiger partial charge on any atom is 0.176 e. The molecule has 0 saturated heterocycles. The van der Waals surface area contributed by atoms with Crippen molar-refractivity contribution in [3.8, 4) is 0 Å². The summed E-state index contributed by atoms with van der Waals surface area (Å²) >= 11 is 0. The van der Waals surface area contributed by atoms with Crippen LogP contribution in [0.4, 0.5) is 0 Å². The minimum absolute atomic E-state index is 0.0402. The number of rotatable bonds is 4. The minimum Gasteiger partial charge on any atom is -0.377 e. The number of carbonyl (C=O) groups excluding carboxylic acids is 1. The summed E-state index contributed by atoms with van der Waals surface area (Å²) in [5.41, 5.74) is 6.96. The van der Waals surface area contributed by atoms with E-state index in [0.29, 0.717) is 5.56 Å². The molecule has 0 amide bonds. The van der Waals surface area contributed by atoms with Crippen LogP contribution in [0.2, 0.25) is 0 Å². The van der Waals surface area contributed by atoms with E-state index >= 15 is 0 Å². The molecule has 1 rings (SSSR count). The molecule has 0 unspecified atom stereocenters. The molecule has 0 aliphatic rings. The average molecular weight is 193 g/mol. The van der Waals surface area contributed by atoms with Crippen LogP contribution in [0.5, 0.6) is 0 Å². The van der Waals surface area contributed by atoms with Gasteiger partial charge in [-0.25, -0.2) is 0 Å². The number of hydrogen-bond donors (Lipinski definition) is 1. The molecule has 0 aromatic heterocycles. The van der Waals surface area contributed by atoms with Crippen molar-refractivity contribution in [2.45, 2.75) is 13.0 Å². The molecule has 1 aromatic carbocycles. The molecular formula is C11H15NO2. The second-order valence-electron chi connectivity index (χ2n) is 3.13. The van der Waals surface area contributed by atoms with E-state index in [-0.39, 0.29) is 18.4 Å². The Bertz CT molecular complexity index is 306. The molecule has 3 nitrogen and oxygen atoms in total. The van der Waals surface area contributed by atoms with Gasteiger partial charge in [-0.1, -0.05) is 24.3 Å². The first-order chi connectivity index (χ1) is 6.69. The fourth-order valence-corrected chi connectivity index (χ4v) is 1.19. The number of ketones is 1. The largest absolute Gasteiger partial charge is 0.377 e. The zero-order valence-corrected chi connectivity index (χ0v) is 8.49. The average Bonchev–Trinajstić information content (AvgIpc) is 2.27. The maximum absolute atomic E-state index is 11.2. The van der Waals surface area contributed by atoms with Crippen LogP contribution in [0.25, 0.3) is 0 Å². The molecule has 0 aliphatic heterocycles. The fourth-order valence-electron chi connectivity index (χ4n) is 1.19. The van der Waals surface area contributed by atoms with Crippen molar-refractivity contribution in [2.75, 3.05) is 13.7 Å². The van der Waals surface area contributed by atoms with Gasteiger partial charge in [-0.2, -0.15) is 0 Å². The highest BCUT2D eigenvalue weighted by Crippen LogP contribution is 2.16. The third kappa shape index (κ3) is 2.40. The lowest BCUT2D eigenvalue weighted by atomic mass is 10.1. The summed E-state index contributed by atoms with van der Waals surface area (Å²) in [4.78, 5) is 11.2. The van der Waals surface area contributed by atoms with Crippen molar-refractivity contribution >= 4 is 5.78 Å². The summed E-state index contributed by atoms with van der Waals surface area (Å²) in [6.45, 7) is 2.01. The summed E-state index contributed by atoms with van der Waals surface area (Å²) in [5.74, 6) is -0.0402. The molecule has 0 bridgehead atoms. The Morgan fingerprint density at radius 1 is 1.43 bits per heavy atom. The highest BCUT2D eigenvalue weighted by Gasteiger charge is 2.06. The van der Waals surface area contributed by atoms with Crippen molar-refractivity contribution in [3.63, 3.8) is 0 Å². The maximum atomic E-state index is 11.2. The Kier molecular flexibility index (Phi) is 3.80. The van der Waals surface area contributed by atoms with Crippen LogP contribution in [0, 0.1) is 0 Å². The van der Waals surface area contributed by atoms with Gasteiger partial charge in [0.2, 0.25) is 0 Å². The lowest BCUT2D eigenvalue weighted by Gasteiger charge is -2.09. The number of methoxy groups -OCH3 is 1. The van der Waals surface area contributed by atoms with Crippen LogP contribution < -0.4 is 5.73 Å². The van der Waals surface area contributed by atoms with Gasteiger partial charge in [0.15, 0.2) is 5.78 Å². The zero-order valence-electron chi connectivity index (χ0n) is 8.49. The highest BCUT2D eigenvalue weighted by atomic mass is 16.5. The summed E-state index contributed by atoms with van der Waals surface area (Å²) < 4.78 is 5.15. The van der Waals surface area contributed by atoms with E-state index in [1.165, 1.54) is 0 Å². The third-order valence-corrected chi connectivity index (χ3v) is 2.24. The standard InChI is InChI=1S/C11H15NO2/c1-8(14-2)9-3-5-10(6-4-9)11(13)7-12/h3-6,8H,7,12H2,1-2H3/t8-/m0/s1. The second kappa shape index (κ2) is 4.88. The molecule has 76 valence electrons. The monoisotopic (exact) mass is 193 g/mol. The molecule has 0 heterocycles. The number of ether oxygens (including phenoxy) is 1. The molecule has 3 heteroatoms. The second-order valence-corrected chi connectivity index (χ2v) is 3.13. The van der Waals surface area contributed by atoms with Gasteiger partial charge in [0.05, 0.1) is 12.6 Å². The Hall–Kier alpha value is -1.19. The molecule has 0 fully saturated rings. The summed E-state index contributed by atoms with van der Waals surface area (Å²) in [7, 11) is 1.66. The van der Waals surface area contributed by atoms with Gasteiger partial charge in [-0.3, -0.25) is 4.79 Å². The number of carbonyl (C=O) groups is 1. The number of Topliss-reactive ketones (excluding diaryl/α,β-unsaturated/α-hetero) is 1. The smallest absolute Gasteiger partial charge is 0.176 e. The van der Waals surface area contributed by atoms with Crippen molar-refractivity contribution in [1.29, 1.82) is 0 Å². The first-order valence-electron chi connectivity index (χ1n) is 4.55. The van der Waals surface area contributed by atoms with Crippen LogP contribution in [-0.2, 0) is 4.74 Å². The Morgan fingerprint density at radius 2 is 2.00 bits per heavy atom. The predicted octanol–water partition coefficient (Wildman–Crippen LogP) is 1.54. The van der Waals surface area contributed by atoms with Crippen LogP contribution in [0.1, 0.15) is 28.9 Å². The van der Waals surface area contributed by atoms with Gasteiger partial charge >= 0.3 is 0 Å². The molecule has 0 saturated carbocycles. The van der Waals surface area contributed by atoms with Gasteiger partial charge in [0.25, 0.3) is 0 Å². The van der Waals surface area contributed by atoms with Crippen molar-refractivity contribution in [2.24, 2.45) is 5.73 Å². The van der Waals surface area contributed by atoms with E-state index < -0.39 is 0 Å². The van der Waals surface area contributed by atoms with Crippen LogP contribution in [0.15, 0.2) is 24.3 Å². The van der Waals surface area contributed by atoms with Crippen molar-refractivity contribution < 1.29 is 9.53 Å². The van der Waals surface area contributed by atoms with E-state index in [2.05, 4.69) is 0 Å². The van der Waals surface area contributed by atoms with Crippen LogP contribution >= 0.6 is 0 Å². The highest BCUT2D eigenvalue weighted by molar-refractivity contribution is 5.97. The van der Waals surface area contributed by atoms with Crippen LogP contribution in [0.3, 0.4) is 0 Å². The Labute approximate surface area is 83.9 Å². The molecule has 0 spiro atoms. The van der Waals surface area contributed by atoms with E-state index in [1.807, 2.05) is 19.1 Å². The summed E-state index contributed by atoms with van der Waals surface area (Å²) in [6, 6.07) is 7.33. The minimum atomic E-state index is -0.0402. The quantitative estimate of drug-likeness (QED) is 0.738. The molecular weight excluding hydrogens is 178 g/mol. The predicted molar refractivity (Wildman–Crippen MR) is 55.3 cm³/mol. The fraction of sp³-hybridized carbons (Fsp3) is 0.364. The normalized spacial score (nSPS) is 12.5. The van der Waals surface area contributed by atoms with E-state index in [4.69, 9.17) is 10.5 Å². The van der Waals surface area contributed by atoms with Gasteiger partial charge in [0.1, 0.15) is 0 Å². The number of hydrogen-bond acceptors (Lipinski definition) is 3.